The van der Waals surface area contributed by atoms with Gasteiger partial charge in [-0.05, 0) is 108 Å². The van der Waals surface area contributed by atoms with Crippen molar-refractivity contribution in [2.24, 2.45) is 5.92 Å². The van der Waals surface area contributed by atoms with Gasteiger partial charge in [0.25, 0.3) is 0 Å². The minimum atomic E-state index is 0.763. The van der Waals surface area contributed by atoms with E-state index in [2.05, 4.69) is 230 Å². The van der Waals surface area contributed by atoms with Gasteiger partial charge in [0, 0.05) is 16.3 Å². The van der Waals surface area contributed by atoms with E-state index in [0.717, 1.165) is 29.1 Å². The Labute approximate surface area is 363 Å². The zero-order chi connectivity index (χ0) is 42.6. The van der Waals surface area contributed by atoms with E-state index in [-0.39, 0.29) is 0 Å². The van der Waals surface area contributed by atoms with Crippen molar-refractivity contribution in [3.8, 4) is 33.4 Å². The number of hydrogen-bond donors (Lipinski definition) is 0. The van der Waals surface area contributed by atoms with Crippen molar-refractivity contribution in [3.05, 3.63) is 228 Å². The molecule has 61 heavy (non-hydrogen) atoms. The van der Waals surface area contributed by atoms with Crippen LogP contribution in [0.2, 0.25) is 0 Å². The van der Waals surface area contributed by atoms with Crippen LogP contribution in [-0.2, 0) is 6.42 Å². The highest BCUT2D eigenvalue weighted by Gasteiger charge is 2.11. The van der Waals surface area contributed by atoms with Crippen molar-refractivity contribution in [1.82, 2.24) is 0 Å². The molecule has 1 aliphatic carbocycles. The molecule has 0 spiro atoms. The van der Waals surface area contributed by atoms with Crippen LogP contribution in [-0.4, -0.2) is 0 Å². The first kappa shape index (κ1) is 42.4. The lowest BCUT2D eigenvalue weighted by Gasteiger charge is -2.08. The van der Waals surface area contributed by atoms with Crippen LogP contribution in [0.25, 0.3) is 66.1 Å². The average Bonchev–Trinajstić information content (AvgIpc) is 3.68. The Hall–Kier alpha value is -6.70. The smallest absolute Gasteiger partial charge is 0.143 e. The monoisotopic (exact) mass is 794 g/mol. The molecule has 1 heterocycles. The van der Waals surface area contributed by atoms with E-state index >= 15 is 0 Å². The van der Waals surface area contributed by atoms with Gasteiger partial charge in [-0.15, -0.1) is 0 Å². The molecule has 0 saturated heterocycles. The number of para-hydroxylation sites is 2. The Balaban J connectivity index is 0.000000128. The van der Waals surface area contributed by atoms with E-state index in [4.69, 9.17) is 4.42 Å². The lowest BCUT2D eigenvalue weighted by molar-refractivity contribution is 0.670. The highest BCUT2D eigenvalue weighted by molar-refractivity contribution is 6.09. The third-order valence-corrected chi connectivity index (χ3v) is 11.4. The largest absolute Gasteiger partial charge is 0.455 e. The molecule has 1 heteroatoms. The molecule has 0 amide bonds. The van der Waals surface area contributed by atoms with Crippen molar-refractivity contribution in [2.45, 2.75) is 60.8 Å². The molecule has 10 rings (SSSR count). The molecule has 0 N–H and O–H groups in total. The van der Waals surface area contributed by atoms with Gasteiger partial charge in [-0.3, -0.25) is 0 Å². The summed E-state index contributed by atoms with van der Waals surface area (Å²) in [6.45, 7) is 13.0. The molecule has 1 aliphatic rings. The summed E-state index contributed by atoms with van der Waals surface area (Å²) < 4.78 is 6.07. The van der Waals surface area contributed by atoms with Crippen molar-refractivity contribution < 1.29 is 4.42 Å². The van der Waals surface area contributed by atoms with Crippen LogP contribution in [0.3, 0.4) is 0 Å². The number of fused-ring (bicyclic) bond motifs is 4. The topological polar surface area (TPSA) is 13.1 Å². The molecular weight excluding hydrogens is 737 g/mol. The van der Waals surface area contributed by atoms with Gasteiger partial charge in [-0.2, -0.15) is 0 Å². The minimum Gasteiger partial charge on any atom is -0.455 e. The van der Waals surface area contributed by atoms with Crippen LogP contribution in [0.15, 0.2) is 210 Å². The Morgan fingerprint density at radius 3 is 1.66 bits per heavy atom. The number of aryl methyl sites for hydroxylation is 4. The Kier molecular flexibility index (Phi) is 14.3. The Morgan fingerprint density at radius 2 is 1.02 bits per heavy atom. The maximum Gasteiger partial charge on any atom is 0.143 e. The highest BCUT2D eigenvalue weighted by atomic mass is 16.3. The number of furan rings is 1. The number of hydrogen-bond acceptors (Lipinski definition) is 1. The SMILES string of the molecule is CC1=CCC(C)C=C1.CCCc1ccc(-c2cccc3ccccc23)cc1.Cc1ccc(-c2cccc3c2oc2ccccc23)cc1.Cc1ccccc1-c1ccccc1C. The quantitative estimate of drug-likeness (QED) is 0.169. The molecule has 0 saturated carbocycles. The maximum absolute atomic E-state index is 6.07. The van der Waals surface area contributed by atoms with E-state index < -0.39 is 0 Å². The van der Waals surface area contributed by atoms with Crippen LogP contribution in [0.5, 0.6) is 0 Å². The van der Waals surface area contributed by atoms with E-state index in [1.165, 1.54) is 90.0 Å². The van der Waals surface area contributed by atoms with Gasteiger partial charge in [0.2, 0.25) is 0 Å². The fourth-order valence-electron chi connectivity index (χ4n) is 7.91. The van der Waals surface area contributed by atoms with Crippen LogP contribution < -0.4 is 0 Å². The second-order valence-electron chi connectivity index (χ2n) is 16.3. The lowest BCUT2D eigenvalue weighted by atomic mass is 9.97. The predicted molar refractivity (Wildman–Crippen MR) is 265 cm³/mol. The summed E-state index contributed by atoms with van der Waals surface area (Å²) in [6, 6.07) is 64.2. The van der Waals surface area contributed by atoms with Gasteiger partial charge < -0.3 is 4.42 Å². The first-order valence-corrected chi connectivity index (χ1v) is 21.8. The number of benzene rings is 8. The normalized spacial score (nSPS) is 13.0. The molecule has 9 aromatic rings. The zero-order valence-electron chi connectivity index (χ0n) is 36.7. The molecule has 0 aliphatic heterocycles. The minimum absolute atomic E-state index is 0.763. The second kappa shape index (κ2) is 20.5. The third-order valence-electron chi connectivity index (χ3n) is 11.4. The summed E-state index contributed by atoms with van der Waals surface area (Å²) in [5.74, 6) is 0.763. The summed E-state index contributed by atoms with van der Waals surface area (Å²) >= 11 is 0. The van der Waals surface area contributed by atoms with Gasteiger partial charge in [0.15, 0.2) is 0 Å². The first-order chi connectivity index (χ1) is 29.8. The van der Waals surface area contributed by atoms with Gasteiger partial charge in [-0.25, -0.2) is 0 Å². The zero-order valence-corrected chi connectivity index (χ0v) is 36.7. The van der Waals surface area contributed by atoms with Crippen LogP contribution in [0, 0.1) is 26.7 Å². The molecule has 1 aromatic heterocycles. The first-order valence-electron chi connectivity index (χ1n) is 21.8. The van der Waals surface area contributed by atoms with E-state index in [0.29, 0.717) is 0 Å². The van der Waals surface area contributed by atoms with E-state index in [1.807, 2.05) is 12.1 Å². The lowest BCUT2D eigenvalue weighted by Crippen LogP contribution is -1.91. The molecule has 0 fully saturated rings. The van der Waals surface area contributed by atoms with E-state index in [1.54, 1.807) is 0 Å². The summed E-state index contributed by atoms with van der Waals surface area (Å²) in [6.07, 6.45) is 10.3. The molecule has 304 valence electrons. The maximum atomic E-state index is 6.07. The fourth-order valence-corrected chi connectivity index (χ4v) is 7.91. The highest BCUT2D eigenvalue weighted by Crippen LogP contribution is 2.36. The van der Waals surface area contributed by atoms with Crippen LogP contribution in [0.4, 0.5) is 0 Å². The molecular formula is C60H58O. The Morgan fingerprint density at radius 1 is 0.492 bits per heavy atom. The molecule has 8 aromatic carbocycles. The van der Waals surface area contributed by atoms with Crippen molar-refractivity contribution in [1.29, 1.82) is 0 Å². The van der Waals surface area contributed by atoms with Gasteiger partial charge in [0.1, 0.15) is 11.2 Å². The van der Waals surface area contributed by atoms with Crippen LogP contribution in [0.1, 0.15) is 55.9 Å². The standard InChI is InChI=1S/C19H14O.C19H18.C14H14.C8H12/c1-13-9-11-14(12-10-13)15-6-4-7-17-16-5-2-3-8-18(16)20-19(15)17;1-2-6-15-11-13-17(14-12-15)19-10-5-8-16-7-3-4-9-18(16)19;1-11-7-3-5-9-13(11)14-10-6-4-8-12(14)2;1-7-3-5-8(2)6-4-7/h2-12H,1H3;3-5,7-14H,2,6H2,1H3;3-10H,1-2H3;3-5,8H,6H2,1-2H3. The number of allylic oxidation sites excluding steroid dienone is 4. The van der Waals surface area contributed by atoms with Gasteiger partial charge in [0.05, 0.1) is 0 Å². The third kappa shape index (κ3) is 10.7. The Bertz CT molecular complexity index is 2830. The molecule has 1 unspecified atom stereocenters. The van der Waals surface area contributed by atoms with Crippen molar-refractivity contribution >= 4 is 32.7 Å². The summed E-state index contributed by atoms with van der Waals surface area (Å²) in [7, 11) is 0. The average molecular weight is 795 g/mol. The molecule has 0 radical (unpaired) electrons. The summed E-state index contributed by atoms with van der Waals surface area (Å²) in [5.41, 5.74) is 16.3. The van der Waals surface area contributed by atoms with E-state index in [9.17, 15) is 0 Å². The predicted octanol–water partition coefficient (Wildman–Crippen LogP) is 17.5. The number of rotatable bonds is 5. The summed E-state index contributed by atoms with van der Waals surface area (Å²) in [4.78, 5) is 0. The molecule has 1 atom stereocenters. The second-order valence-corrected chi connectivity index (χ2v) is 16.3. The van der Waals surface area contributed by atoms with Crippen molar-refractivity contribution in [3.63, 3.8) is 0 Å². The van der Waals surface area contributed by atoms with Crippen molar-refractivity contribution in [2.75, 3.05) is 0 Å². The fraction of sp³-hybridized carbons (Fsp3) is 0.167. The molecule has 0 bridgehead atoms. The summed E-state index contributed by atoms with van der Waals surface area (Å²) in [5, 5.41) is 4.99. The van der Waals surface area contributed by atoms with Gasteiger partial charge in [-0.1, -0.05) is 226 Å². The molecule has 1 nitrogen and oxygen atoms in total. The van der Waals surface area contributed by atoms with Gasteiger partial charge >= 0.3 is 0 Å². The van der Waals surface area contributed by atoms with Crippen LogP contribution >= 0.6 is 0 Å².